The molecule has 0 aromatic carbocycles. The monoisotopic (exact) mass is 324 g/mol. The van der Waals surface area contributed by atoms with Crippen LogP contribution in [-0.4, -0.2) is 35.5 Å². The van der Waals surface area contributed by atoms with Crippen LogP contribution in [0, 0.1) is 5.92 Å². The Labute approximate surface area is 135 Å². The quantitative estimate of drug-likeness (QED) is 0.675. The molecule has 0 fully saturated rings. The average molecular weight is 324 g/mol. The van der Waals surface area contributed by atoms with Gasteiger partial charge in [-0.25, -0.2) is 4.79 Å². The molecule has 1 aromatic heterocycles. The standard InChI is InChI=1S/C16H24N2O5/c1-9(2)7-12(16(21)22)18-13(19)8-17-15(20)14-11(10(3)4)5-6-23-14/h5-6,9-10,12H,7-8H2,1-4H3,(H,17,20)(H,18,19)(H,21,22)/t12-/m0/s1. The summed E-state index contributed by atoms with van der Waals surface area (Å²) in [6.07, 6.45) is 1.75. The number of aliphatic carboxylic acids is 1. The number of amides is 2. The van der Waals surface area contributed by atoms with E-state index in [1.54, 1.807) is 6.07 Å². The van der Waals surface area contributed by atoms with E-state index in [4.69, 9.17) is 9.52 Å². The first-order chi connectivity index (χ1) is 10.7. The molecule has 0 saturated heterocycles. The van der Waals surface area contributed by atoms with Gasteiger partial charge in [0.1, 0.15) is 6.04 Å². The second-order valence-electron chi connectivity index (χ2n) is 6.13. The largest absolute Gasteiger partial charge is 0.480 e. The highest BCUT2D eigenvalue weighted by atomic mass is 16.4. The number of carboxylic acids is 1. The number of carboxylic acid groups (broad SMARTS) is 1. The van der Waals surface area contributed by atoms with Crippen LogP contribution < -0.4 is 10.6 Å². The molecule has 2 amide bonds. The van der Waals surface area contributed by atoms with Crippen molar-refractivity contribution < 1.29 is 23.9 Å². The van der Waals surface area contributed by atoms with Crippen molar-refractivity contribution in [3.05, 3.63) is 23.7 Å². The Morgan fingerprint density at radius 3 is 2.39 bits per heavy atom. The van der Waals surface area contributed by atoms with Crippen molar-refractivity contribution in [1.29, 1.82) is 0 Å². The van der Waals surface area contributed by atoms with Gasteiger partial charge in [0.05, 0.1) is 12.8 Å². The molecule has 1 heterocycles. The summed E-state index contributed by atoms with van der Waals surface area (Å²) in [5.74, 6) is -1.72. The Hall–Kier alpha value is -2.31. The van der Waals surface area contributed by atoms with Crippen LogP contribution in [0.15, 0.2) is 16.7 Å². The lowest BCUT2D eigenvalue weighted by molar-refractivity contribution is -0.142. The maximum absolute atomic E-state index is 12.0. The minimum atomic E-state index is -1.09. The molecule has 0 saturated carbocycles. The van der Waals surface area contributed by atoms with Crippen molar-refractivity contribution in [3.63, 3.8) is 0 Å². The number of hydrogen-bond acceptors (Lipinski definition) is 4. The Bertz CT molecular complexity index is 563. The predicted octanol–water partition coefficient (Wildman–Crippen LogP) is 1.75. The van der Waals surface area contributed by atoms with Gasteiger partial charge in [0.15, 0.2) is 5.76 Å². The van der Waals surface area contributed by atoms with Gasteiger partial charge >= 0.3 is 5.97 Å². The van der Waals surface area contributed by atoms with E-state index >= 15 is 0 Å². The van der Waals surface area contributed by atoms with Crippen molar-refractivity contribution in [2.24, 2.45) is 5.92 Å². The molecular formula is C16H24N2O5. The molecule has 0 aliphatic carbocycles. The molecule has 128 valence electrons. The number of hydrogen-bond donors (Lipinski definition) is 3. The highest BCUT2D eigenvalue weighted by Gasteiger charge is 2.22. The fourth-order valence-electron chi connectivity index (χ4n) is 2.14. The number of carbonyl (C=O) groups is 3. The first-order valence-corrected chi connectivity index (χ1v) is 7.60. The van der Waals surface area contributed by atoms with E-state index in [0.29, 0.717) is 6.42 Å². The summed E-state index contributed by atoms with van der Waals surface area (Å²) in [5, 5.41) is 13.9. The molecule has 0 radical (unpaired) electrons. The average Bonchev–Trinajstić information content (AvgIpc) is 2.93. The lowest BCUT2D eigenvalue weighted by atomic mass is 10.0. The Kier molecular flexibility index (Phi) is 6.81. The smallest absolute Gasteiger partial charge is 0.326 e. The van der Waals surface area contributed by atoms with Gasteiger partial charge in [-0.2, -0.15) is 0 Å². The maximum Gasteiger partial charge on any atom is 0.326 e. The van der Waals surface area contributed by atoms with Gasteiger partial charge < -0.3 is 20.2 Å². The van der Waals surface area contributed by atoms with Crippen LogP contribution in [0.1, 0.15) is 56.2 Å². The van der Waals surface area contributed by atoms with Crippen LogP contribution in [0.5, 0.6) is 0 Å². The topological polar surface area (TPSA) is 109 Å². The van der Waals surface area contributed by atoms with Gasteiger partial charge in [0.25, 0.3) is 5.91 Å². The molecular weight excluding hydrogens is 300 g/mol. The summed E-state index contributed by atoms with van der Waals surface area (Å²) in [6, 6.07) is 0.747. The fourth-order valence-corrected chi connectivity index (χ4v) is 2.14. The van der Waals surface area contributed by atoms with Gasteiger partial charge in [-0.05, 0) is 24.3 Å². The highest BCUT2D eigenvalue weighted by molar-refractivity contribution is 5.96. The van der Waals surface area contributed by atoms with E-state index in [2.05, 4.69) is 10.6 Å². The second kappa shape index (κ2) is 8.36. The summed E-state index contributed by atoms with van der Waals surface area (Å²) in [5.41, 5.74) is 0.756. The van der Waals surface area contributed by atoms with Gasteiger partial charge in [-0.3, -0.25) is 9.59 Å². The zero-order valence-corrected chi connectivity index (χ0v) is 13.9. The van der Waals surface area contributed by atoms with E-state index in [1.165, 1.54) is 6.26 Å². The number of nitrogens with one attached hydrogen (secondary N) is 2. The SMILES string of the molecule is CC(C)C[C@H](NC(=O)CNC(=O)c1occc1C(C)C)C(=O)O. The molecule has 0 spiro atoms. The summed E-state index contributed by atoms with van der Waals surface area (Å²) >= 11 is 0. The molecule has 0 unspecified atom stereocenters. The summed E-state index contributed by atoms with van der Waals surface area (Å²) in [4.78, 5) is 34.9. The fraction of sp³-hybridized carbons (Fsp3) is 0.562. The molecule has 0 aliphatic rings. The zero-order valence-electron chi connectivity index (χ0n) is 13.9. The molecule has 0 aliphatic heterocycles. The van der Waals surface area contributed by atoms with E-state index in [0.717, 1.165) is 5.56 Å². The van der Waals surface area contributed by atoms with Gasteiger partial charge in [0, 0.05) is 5.56 Å². The van der Waals surface area contributed by atoms with Crippen molar-refractivity contribution in [2.75, 3.05) is 6.54 Å². The minimum absolute atomic E-state index is 0.116. The van der Waals surface area contributed by atoms with Crippen molar-refractivity contribution >= 4 is 17.8 Å². The molecule has 1 atom stereocenters. The van der Waals surface area contributed by atoms with Crippen molar-refractivity contribution in [1.82, 2.24) is 10.6 Å². The van der Waals surface area contributed by atoms with Crippen LogP contribution in [0.25, 0.3) is 0 Å². The maximum atomic E-state index is 12.0. The zero-order chi connectivity index (χ0) is 17.6. The molecule has 0 bridgehead atoms. The van der Waals surface area contributed by atoms with E-state index in [9.17, 15) is 14.4 Å². The second-order valence-corrected chi connectivity index (χ2v) is 6.13. The highest BCUT2D eigenvalue weighted by Crippen LogP contribution is 2.20. The summed E-state index contributed by atoms with van der Waals surface area (Å²) in [7, 11) is 0. The van der Waals surface area contributed by atoms with Crippen molar-refractivity contribution in [3.8, 4) is 0 Å². The van der Waals surface area contributed by atoms with Crippen molar-refractivity contribution in [2.45, 2.75) is 46.1 Å². The third kappa shape index (κ3) is 5.77. The molecule has 7 nitrogen and oxygen atoms in total. The van der Waals surface area contributed by atoms with Gasteiger partial charge in [0.2, 0.25) is 5.91 Å². The van der Waals surface area contributed by atoms with E-state index in [1.807, 2.05) is 27.7 Å². The molecule has 23 heavy (non-hydrogen) atoms. The Morgan fingerprint density at radius 1 is 1.22 bits per heavy atom. The molecule has 1 rings (SSSR count). The Morgan fingerprint density at radius 2 is 1.87 bits per heavy atom. The van der Waals surface area contributed by atoms with Gasteiger partial charge in [-0.15, -0.1) is 0 Å². The van der Waals surface area contributed by atoms with Crippen LogP contribution in [0.4, 0.5) is 0 Å². The Balaban J connectivity index is 2.56. The molecule has 7 heteroatoms. The van der Waals surface area contributed by atoms with E-state index in [-0.39, 0.29) is 24.1 Å². The third-order valence-corrected chi connectivity index (χ3v) is 3.27. The number of furan rings is 1. The normalized spacial score (nSPS) is 12.3. The van der Waals surface area contributed by atoms with Crippen LogP contribution in [0.2, 0.25) is 0 Å². The first kappa shape index (κ1) is 18.7. The minimum Gasteiger partial charge on any atom is -0.480 e. The summed E-state index contributed by atoms with van der Waals surface area (Å²) < 4.78 is 5.15. The lowest BCUT2D eigenvalue weighted by Crippen LogP contribution is -2.46. The van der Waals surface area contributed by atoms with E-state index < -0.39 is 23.8 Å². The van der Waals surface area contributed by atoms with Crippen LogP contribution in [0.3, 0.4) is 0 Å². The number of carbonyl (C=O) groups excluding carboxylic acids is 2. The van der Waals surface area contributed by atoms with Gasteiger partial charge in [-0.1, -0.05) is 27.7 Å². The summed E-state index contributed by atoms with van der Waals surface area (Å²) in [6.45, 7) is 7.29. The molecule has 1 aromatic rings. The predicted molar refractivity (Wildman–Crippen MR) is 84.2 cm³/mol. The molecule has 3 N–H and O–H groups in total. The van der Waals surface area contributed by atoms with Crippen LogP contribution >= 0.6 is 0 Å². The lowest BCUT2D eigenvalue weighted by Gasteiger charge is -2.16. The third-order valence-electron chi connectivity index (χ3n) is 3.27. The first-order valence-electron chi connectivity index (χ1n) is 7.60. The number of rotatable bonds is 8. The van der Waals surface area contributed by atoms with Crippen LogP contribution in [-0.2, 0) is 9.59 Å².